The fourth-order valence-corrected chi connectivity index (χ4v) is 3.11. The second-order valence-corrected chi connectivity index (χ2v) is 7.03. The highest BCUT2D eigenvalue weighted by Gasteiger charge is 2.27. The summed E-state index contributed by atoms with van der Waals surface area (Å²) in [6.07, 6.45) is 6.36. The summed E-state index contributed by atoms with van der Waals surface area (Å²) in [6, 6.07) is 1.56. The van der Waals surface area contributed by atoms with Crippen molar-refractivity contribution in [3.63, 3.8) is 0 Å². The number of ether oxygens (including phenoxy) is 1. The lowest BCUT2D eigenvalue weighted by Crippen LogP contribution is -2.38. The molecule has 1 aromatic heterocycles. The SMILES string of the molecule is O=C(NC1CCC(C(=O)O)CC1)c1cnc(OCC2CC2)c(Cl)c1. The Hall–Kier alpha value is -1.82. The van der Waals surface area contributed by atoms with Gasteiger partial charge in [-0.2, -0.15) is 0 Å². The van der Waals surface area contributed by atoms with Gasteiger partial charge in [0, 0.05) is 12.2 Å². The maximum absolute atomic E-state index is 12.3. The predicted molar refractivity (Wildman–Crippen MR) is 88.3 cm³/mol. The van der Waals surface area contributed by atoms with Crippen LogP contribution in [0.2, 0.25) is 5.02 Å². The van der Waals surface area contributed by atoms with Gasteiger partial charge in [-0.25, -0.2) is 4.98 Å². The molecule has 24 heavy (non-hydrogen) atoms. The first-order chi connectivity index (χ1) is 11.5. The number of nitrogens with zero attached hydrogens (tertiary/aromatic N) is 1. The lowest BCUT2D eigenvalue weighted by Gasteiger charge is -2.26. The smallest absolute Gasteiger partial charge is 0.306 e. The van der Waals surface area contributed by atoms with Crippen LogP contribution in [-0.2, 0) is 4.79 Å². The van der Waals surface area contributed by atoms with Crippen molar-refractivity contribution < 1.29 is 19.4 Å². The number of aromatic nitrogens is 1. The standard InChI is InChI=1S/C17H21ClN2O4/c18-14-7-12(8-19-16(14)24-9-10-1-2-10)15(21)20-13-5-3-11(4-6-13)17(22)23/h7-8,10-11,13H,1-6,9H2,(H,20,21)(H,22,23). The zero-order valence-electron chi connectivity index (χ0n) is 13.3. The van der Waals surface area contributed by atoms with Gasteiger partial charge in [-0.05, 0) is 50.5 Å². The number of rotatable bonds is 6. The monoisotopic (exact) mass is 352 g/mol. The molecule has 0 unspecified atom stereocenters. The molecule has 1 heterocycles. The summed E-state index contributed by atoms with van der Waals surface area (Å²) in [5.74, 6) is -0.319. The van der Waals surface area contributed by atoms with E-state index in [1.54, 1.807) is 6.07 Å². The molecule has 3 rings (SSSR count). The fourth-order valence-electron chi connectivity index (χ4n) is 2.89. The topological polar surface area (TPSA) is 88.5 Å². The van der Waals surface area contributed by atoms with Crippen LogP contribution >= 0.6 is 11.6 Å². The number of pyridine rings is 1. The molecule has 2 aliphatic carbocycles. The summed E-state index contributed by atoms with van der Waals surface area (Å²) >= 11 is 6.14. The number of nitrogens with one attached hydrogen (secondary N) is 1. The van der Waals surface area contributed by atoms with Gasteiger partial charge < -0.3 is 15.2 Å². The Bertz CT molecular complexity index is 625. The van der Waals surface area contributed by atoms with Crippen LogP contribution in [0.15, 0.2) is 12.3 Å². The molecule has 0 bridgehead atoms. The van der Waals surface area contributed by atoms with E-state index in [1.165, 1.54) is 19.0 Å². The molecule has 1 amide bonds. The fraction of sp³-hybridized carbons (Fsp3) is 0.588. The number of aliphatic carboxylic acids is 1. The molecule has 2 N–H and O–H groups in total. The lowest BCUT2D eigenvalue weighted by atomic mass is 9.86. The van der Waals surface area contributed by atoms with Gasteiger partial charge in [-0.3, -0.25) is 9.59 Å². The van der Waals surface area contributed by atoms with Crippen LogP contribution in [0.25, 0.3) is 0 Å². The molecular weight excluding hydrogens is 332 g/mol. The zero-order valence-corrected chi connectivity index (χ0v) is 14.1. The van der Waals surface area contributed by atoms with Gasteiger partial charge in [-0.1, -0.05) is 11.6 Å². The maximum Gasteiger partial charge on any atom is 0.306 e. The number of carbonyl (C=O) groups is 2. The van der Waals surface area contributed by atoms with Gasteiger partial charge in [0.2, 0.25) is 5.88 Å². The number of carboxylic acid groups (broad SMARTS) is 1. The maximum atomic E-state index is 12.3. The Morgan fingerprint density at radius 2 is 1.96 bits per heavy atom. The average molecular weight is 353 g/mol. The highest BCUT2D eigenvalue weighted by molar-refractivity contribution is 6.32. The number of hydrogen-bond donors (Lipinski definition) is 2. The van der Waals surface area contributed by atoms with Crippen molar-refractivity contribution in [1.29, 1.82) is 0 Å². The highest BCUT2D eigenvalue weighted by Crippen LogP contribution is 2.31. The Morgan fingerprint density at radius 3 is 2.54 bits per heavy atom. The Morgan fingerprint density at radius 1 is 1.25 bits per heavy atom. The largest absolute Gasteiger partial charge is 0.481 e. The first kappa shape index (κ1) is 17.0. The van der Waals surface area contributed by atoms with Crippen LogP contribution in [0.5, 0.6) is 5.88 Å². The molecule has 6 nitrogen and oxygen atoms in total. The van der Waals surface area contributed by atoms with E-state index >= 15 is 0 Å². The molecule has 2 aliphatic rings. The van der Waals surface area contributed by atoms with E-state index in [2.05, 4.69) is 10.3 Å². The van der Waals surface area contributed by atoms with Crippen LogP contribution < -0.4 is 10.1 Å². The number of amides is 1. The third-order valence-corrected chi connectivity index (χ3v) is 4.90. The first-order valence-corrected chi connectivity index (χ1v) is 8.72. The molecule has 1 aromatic rings. The van der Waals surface area contributed by atoms with Gasteiger partial charge in [0.1, 0.15) is 5.02 Å². The molecule has 0 aliphatic heterocycles. The number of carboxylic acids is 1. The zero-order chi connectivity index (χ0) is 17.1. The minimum absolute atomic E-state index is 0.00216. The Kier molecular flexibility index (Phi) is 5.23. The molecule has 2 saturated carbocycles. The highest BCUT2D eigenvalue weighted by atomic mass is 35.5. The summed E-state index contributed by atoms with van der Waals surface area (Å²) < 4.78 is 5.55. The lowest BCUT2D eigenvalue weighted by molar-refractivity contribution is -0.142. The second kappa shape index (κ2) is 7.38. The molecule has 0 saturated heterocycles. The summed E-state index contributed by atoms with van der Waals surface area (Å²) in [4.78, 5) is 27.4. The third-order valence-electron chi connectivity index (χ3n) is 4.63. The molecule has 0 atom stereocenters. The number of hydrogen-bond acceptors (Lipinski definition) is 4. The quantitative estimate of drug-likeness (QED) is 0.821. The van der Waals surface area contributed by atoms with Crippen LogP contribution in [-0.4, -0.2) is 34.6 Å². The van der Waals surface area contributed by atoms with E-state index in [9.17, 15) is 9.59 Å². The second-order valence-electron chi connectivity index (χ2n) is 6.63. The minimum atomic E-state index is -0.752. The molecule has 0 spiro atoms. The van der Waals surface area contributed by atoms with Gasteiger partial charge in [0.15, 0.2) is 0 Å². The Balaban J connectivity index is 1.53. The molecule has 7 heteroatoms. The van der Waals surface area contributed by atoms with E-state index < -0.39 is 5.97 Å². The Labute approximate surface area is 145 Å². The number of halogens is 1. The van der Waals surface area contributed by atoms with Crippen LogP contribution in [0.1, 0.15) is 48.9 Å². The summed E-state index contributed by atoms with van der Waals surface area (Å²) in [6.45, 7) is 0.616. The van der Waals surface area contributed by atoms with Gasteiger partial charge in [0.25, 0.3) is 5.91 Å². The average Bonchev–Trinajstić information content (AvgIpc) is 3.38. The van der Waals surface area contributed by atoms with E-state index in [-0.39, 0.29) is 17.9 Å². The third kappa shape index (κ3) is 4.38. The van der Waals surface area contributed by atoms with Gasteiger partial charge >= 0.3 is 5.97 Å². The predicted octanol–water partition coefficient (Wildman–Crippen LogP) is 2.90. The van der Waals surface area contributed by atoms with Crippen molar-refractivity contribution in [2.75, 3.05) is 6.61 Å². The van der Waals surface area contributed by atoms with Crippen LogP contribution in [0.4, 0.5) is 0 Å². The molecule has 0 radical (unpaired) electrons. The van der Waals surface area contributed by atoms with E-state index in [4.69, 9.17) is 21.4 Å². The van der Waals surface area contributed by atoms with Crippen molar-refractivity contribution >= 4 is 23.5 Å². The van der Waals surface area contributed by atoms with Crippen molar-refractivity contribution in [2.45, 2.75) is 44.6 Å². The van der Waals surface area contributed by atoms with Crippen molar-refractivity contribution in [2.24, 2.45) is 11.8 Å². The molecule has 2 fully saturated rings. The molecular formula is C17H21ClN2O4. The normalized spacial score (nSPS) is 23.5. The van der Waals surface area contributed by atoms with E-state index in [0.717, 1.165) is 0 Å². The summed E-state index contributed by atoms with van der Waals surface area (Å²) in [5.41, 5.74) is 0.388. The molecule has 0 aromatic carbocycles. The van der Waals surface area contributed by atoms with Gasteiger partial charge in [-0.15, -0.1) is 0 Å². The van der Waals surface area contributed by atoms with E-state index in [1.807, 2.05) is 0 Å². The first-order valence-electron chi connectivity index (χ1n) is 8.35. The van der Waals surface area contributed by atoms with Crippen LogP contribution in [0.3, 0.4) is 0 Å². The van der Waals surface area contributed by atoms with Crippen molar-refractivity contribution in [3.05, 3.63) is 22.8 Å². The number of carbonyl (C=O) groups excluding carboxylic acids is 1. The molecule has 130 valence electrons. The van der Waals surface area contributed by atoms with Crippen molar-refractivity contribution in [3.8, 4) is 5.88 Å². The van der Waals surface area contributed by atoms with Gasteiger partial charge in [0.05, 0.1) is 18.1 Å². The summed E-state index contributed by atoms with van der Waals surface area (Å²) in [7, 11) is 0. The minimum Gasteiger partial charge on any atom is -0.481 e. The van der Waals surface area contributed by atoms with E-state index in [0.29, 0.717) is 54.7 Å². The summed E-state index contributed by atoms with van der Waals surface area (Å²) in [5, 5.41) is 12.3. The van der Waals surface area contributed by atoms with Crippen molar-refractivity contribution in [1.82, 2.24) is 10.3 Å². The van der Waals surface area contributed by atoms with Crippen LogP contribution in [0, 0.1) is 11.8 Å².